The fraction of sp³-hybridized carbons (Fsp3) is 0.533. The average molecular weight is 262 g/mol. The Kier molecular flexibility index (Phi) is 4.80. The maximum atomic E-state index is 11.1. The van der Waals surface area contributed by atoms with Gasteiger partial charge >= 0.3 is 0 Å². The number of carbonyl (C=O) groups is 1. The highest BCUT2D eigenvalue weighted by molar-refractivity contribution is 5.79. The summed E-state index contributed by atoms with van der Waals surface area (Å²) >= 11 is 0. The summed E-state index contributed by atoms with van der Waals surface area (Å²) in [5, 5.41) is 3.37. The van der Waals surface area contributed by atoms with Crippen LogP contribution in [0.25, 0.3) is 0 Å². The molecule has 1 amide bonds. The fourth-order valence-corrected chi connectivity index (χ4v) is 2.48. The van der Waals surface area contributed by atoms with Gasteiger partial charge in [0, 0.05) is 0 Å². The van der Waals surface area contributed by atoms with Crippen LogP contribution in [0.5, 0.6) is 5.75 Å². The lowest BCUT2D eigenvalue weighted by molar-refractivity contribution is -0.124. The van der Waals surface area contributed by atoms with E-state index in [1.807, 2.05) is 19.1 Å². The summed E-state index contributed by atoms with van der Waals surface area (Å²) in [5.74, 6) is 0.932. The minimum Gasteiger partial charge on any atom is -0.481 e. The van der Waals surface area contributed by atoms with Crippen LogP contribution in [0.3, 0.4) is 0 Å². The number of carbonyl (C=O) groups excluding carboxylic acids is 1. The van der Waals surface area contributed by atoms with Crippen molar-refractivity contribution >= 4 is 5.91 Å². The number of hydrogen-bond acceptors (Lipinski definition) is 3. The third-order valence-corrected chi connectivity index (χ3v) is 3.66. The average Bonchev–Trinajstić information content (AvgIpc) is 2.46. The molecule has 4 nitrogen and oxygen atoms in total. The van der Waals surface area contributed by atoms with E-state index in [2.05, 4.69) is 17.4 Å². The summed E-state index contributed by atoms with van der Waals surface area (Å²) in [4.78, 5) is 11.1. The summed E-state index contributed by atoms with van der Waals surface area (Å²) < 4.78 is 5.58. The van der Waals surface area contributed by atoms with Gasteiger partial charge in [-0.2, -0.15) is 0 Å². The van der Waals surface area contributed by atoms with Crippen molar-refractivity contribution in [2.45, 2.75) is 38.2 Å². The summed E-state index contributed by atoms with van der Waals surface area (Å²) in [6, 6.07) is 8.06. The number of nitrogens with two attached hydrogens (primary N) is 1. The molecule has 0 aliphatic carbocycles. The number of benzene rings is 1. The number of hydrogen-bond donors (Lipinski definition) is 2. The molecule has 1 aliphatic rings. The molecule has 0 saturated carbocycles. The van der Waals surface area contributed by atoms with Gasteiger partial charge in [-0.1, -0.05) is 19.1 Å². The van der Waals surface area contributed by atoms with E-state index in [0.717, 1.165) is 13.1 Å². The van der Waals surface area contributed by atoms with Crippen LogP contribution in [0.4, 0.5) is 0 Å². The Balaban J connectivity index is 1.99. The van der Waals surface area contributed by atoms with Gasteiger partial charge in [0.1, 0.15) is 5.75 Å². The molecular formula is C15H22N2O2. The van der Waals surface area contributed by atoms with E-state index in [1.165, 1.54) is 18.4 Å². The van der Waals surface area contributed by atoms with E-state index in [4.69, 9.17) is 10.5 Å². The van der Waals surface area contributed by atoms with Gasteiger partial charge in [0.25, 0.3) is 5.91 Å². The van der Waals surface area contributed by atoms with Gasteiger partial charge in [0.15, 0.2) is 6.10 Å². The quantitative estimate of drug-likeness (QED) is 0.850. The molecular weight excluding hydrogens is 240 g/mol. The van der Waals surface area contributed by atoms with Crippen LogP contribution in [0.1, 0.15) is 37.7 Å². The third-order valence-electron chi connectivity index (χ3n) is 3.66. The molecule has 2 rings (SSSR count). The molecule has 1 fully saturated rings. The predicted octanol–water partition coefficient (Wildman–Crippen LogP) is 1.80. The lowest BCUT2D eigenvalue weighted by Crippen LogP contribution is -2.32. The largest absolute Gasteiger partial charge is 0.481 e. The molecule has 1 aliphatic heterocycles. The second kappa shape index (κ2) is 6.57. The van der Waals surface area contributed by atoms with Crippen LogP contribution in [-0.2, 0) is 4.79 Å². The first-order chi connectivity index (χ1) is 9.20. The highest BCUT2D eigenvalue weighted by Crippen LogP contribution is 2.27. The molecule has 0 radical (unpaired) electrons. The van der Waals surface area contributed by atoms with Gasteiger partial charge in [-0.05, 0) is 56.0 Å². The van der Waals surface area contributed by atoms with Crippen LogP contribution >= 0.6 is 0 Å². The number of primary amides is 1. The molecule has 0 spiro atoms. The standard InChI is InChI=1S/C15H22N2O2/c1-2-14(15(16)18)19-13-5-3-11(4-6-13)12-7-9-17-10-8-12/h3-6,12,14,17H,2,7-10H2,1H3,(H2,16,18). The van der Waals surface area contributed by atoms with Crippen molar-refractivity contribution < 1.29 is 9.53 Å². The van der Waals surface area contributed by atoms with Crippen molar-refractivity contribution in [3.8, 4) is 5.75 Å². The minimum atomic E-state index is -0.537. The van der Waals surface area contributed by atoms with Crippen LogP contribution in [0, 0.1) is 0 Å². The predicted molar refractivity (Wildman–Crippen MR) is 75.2 cm³/mol. The minimum absolute atomic E-state index is 0.412. The Bertz CT molecular complexity index is 411. The third kappa shape index (κ3) is 3.70. The van der Waals surface area contributed by atoms with Gasteiger partial charge < -0.3 is 15.8 Å². The molecule has 19 heavy (non-hydrogen) atoms. The molecule has 4 heteroatoms. The lowest BCUT2D eigenvalue weighted by atomic mass is 9.90. The van der Waals surface area contributed by atoms with E-state index < -0.39 is 12.0 Å². The molecule has 1 saturated heterocycles. The zero-order chi connectivity index (χ0) is 13.7. The summed E-state index contributed by atoms with van der Waals surface area (Å²) in [7, 11) is 0. The Morgan fingerprint density at radius 3 is 2.53 bits per heavy atom. The Morgan fingerprint density at radius 2 is 2.00 bits per heavy atom. The van der Waals surface area contributed by atoms with E-state index in [9.17, 15) is 4.79 Å². The maximum absolute atomic E-state index is 11.1. The van der Waals surface area contributed by atoms with Crippen molar-refractivity contribution in [3.63, 3.8) is 0 Å². The second-order valence-corrected chi connectivity index (χ2v) is 5.01. The van der Waals surface area contributed by atoms with Gasteiger partial charge in [-0.15, -0.1) is 0 Å². The van der Waals surface area contributed by atoms with Crippen molar-refractivity contribution in [2.75, 3.05) is 13.1 Å². The zero-order valence-corrected chi connectivity index (χ0v) is 11.4. The van der Waals surface area contributed by atoms with E-state index in [0.29, 0.717) is 18.1 Å². The van der Waals surface area contributed by atoms with Crippen molar-refractivity contribution in [2.24, 2.45) is 5.73 Å². The monoisotopic (exact) mass is 262 g/mol. The first kappa shape index (κ1) is 13.9. The van der Waals surface area contributed by atoms with Crippen molar-refractivity contribution in [1.29, 1.82) is 0 Å². The molecule has 0 bridgehead atoms. The molecule has 0 aromatic heterocycles. The van der Waals surface area contributed by atoms with E-state index >= 15 is 0 Å². The first-order valence-corrected chi connectivity index (χ1v) is 6.97. The van der Waals surface area contributed by atoms with Crippen molar-refractivity contribution in [3.05, 3.63) is 29.8 Å². The second-order valence-electron chi connectivity index (χ2n) is 5.01. The SMILES string of the molecule is CCC(Oc1ccc(C2CCNCC2)cc1)C(N)=O. The van der Waals surface area contributed by atoms with E-state index in [1.54, 1.807) is 0 Å². The lowest BCUT2D eigenvalue weighted by Gasteiger charge is -2.23. The van der Waals surface area contributed by atoms with Crippen molar-refractivity contribution in [1.82, 2.24) is 5.32 Å². The van der Waals surface area contributed by atoms with Crippen LogP contribution in [0.2, 0.25) is 0 Å². The summed E-state index contributed by atoms with van der Waals surface area (Å²) in [6.07, 6.45) is 2.41. The topological polar surface area (TPSA) is 64.3 Å². The smallest absolute Gasteiger partial charge is 0.258 e. The normalized spacial score (nSPS) is 17.9. The van der Waals surface area contributed by atoms with Gasteiger partial charge in [-0.3, -0.25) is 4.79 Å². The number of nitrogens with one attached hydrogen (secondary N) is 1. The molecule has 1 unspecified atom stereocenters. The highest BCUT2D eigenvalue weighted by atomic mass is 16.5. The van der Waals surface area contributed by atoms with Gasteiger partial charge in [0.2, 0.25) is 0 Å². The Labute approximate surface area is 114 Å². The molecule has 104 valence electrons. The number of amides is 1. The van der Waals surface area contributed by atoms with Gasteiger partial charge in [-0.25, -0.2) is 0 Å². The molecule has 3 N–H and O–H groups in total. The van der Waals surface area contributed by atoms with Crippen LogP contribution < -0.4 is 15.8 Å². The number of ether oxygens (including phenoxy) is 1. The number of rotatable bonds is 5. The maximum Gasteiger partial charge on any atom is 0.258 e. The molecule has 1 heterocycles. The first-order valence-electron chi connectivity index (χ1n) is 6.97. The van der Waals surface area contributed by atoms with E-state index in [-0.39, 0.29) is 0 Å². The fourth-order valence-electron chi connectivity index (χ4n) is 2.48. The zero-order valence-electron chi connectivity index (χ0n) is 11.4. The summed E-state index contributed by atoms with van der Waals surface area (Å²) in [5.41, 5.74) is 6.62. The number of piperidine rings is 1. The van der Waals surface area contributed by atoms with Crippen LogP contribution in [-0.4, -0.2) is 25.1 Å². The molecule has 1 atom stereocenters. The molecule has 1 aromatic carbocycles. The highest BCUT2D eigenvalue weighted by Gasteiger charge is 2.17. The molecule has 1 aromatic rings. The van der Waals surface area contributed by atoms with Crippen LogP contribution in [0.15, 0.2) is 24.3 Å². The summed E-state index contributed by atoms with van der Waals surface area (Å²) in [6.45, 7) is 4.06. The van der Waals surface area contributed by atoms with Gasteiger partial charge in [0.05, 0.1) is 0 Å². The Morgan fingerprint density at radius 1 is 1.37 bits per heavy atom. The Hall–Kier alpha value is -1.55.